The number of hydrogen-bond acceptors (Lipinski definition) is 5. The lowest BCUT2D eigenvalue weighted by Gasteiger charge is -2.11. The topological polar surface area (TPSA) is 110 Å². The molecule has 0 aliphatic rings. The average molecular weight is 550 g/mol. The van der Waals surface area contributed by atoms with Crippen molar-refractivity contribution in [3.63, 3.8) is 0 Å². The van der Waals surface area contributed by atoms with Gasteiger partial charge in [-0.15, -0.1) is 0 Å². The fraction of sp³-hybridized carbons (Fsp3) is 0.0588. The third-order valence-electron chi connectivity index (χ3n) is 3.64. The van der Waals surface area contributed by atoms with Crippen molar-refractivity contribution in [1.82, 2.24) is 10.2 Å². The first-order valence-corrected chi connectivity index (χ1v) is 9.48. The number of aromatic nitrogens is 2. The zero-order chi connectivity index (χ0) is 22.1. The molecule has 0 bridgehead atoms. The highest BCUT2D eigenvalue weighted by molar-refractivity contribution is 9.13. The summed E-state index contributed by atoms with van der Waals surface area (Å²) in [5.74, 6) is -1.00. The Bertz CT molecular complexity index is 1130. The number of amides is 1. The molecule has 0 aliphatic carbocycles. The Balaban J connectivity index is 1.91. The van der Waals surface area contributed by atoms with Gasteiger partial charge in [0.1, 0.15) is 16.1 Å². The number of nitro groups is 1. The van der Waals surface area contributed by atoms with Crippen LogP contribution in [0.1, 0.15) is 16.1 Å². The number of halogens is 5. The molecule has 0 fully saturated rings. The van der Waals surface area contributed by atoms with Gasteiger partial charge in [-0.1, -0.05) is 6.07 Å². The second-order valence-corrected chi connectivity index (χ2v) is 7.34. The van der Waals surface area contributed by atoms with Crippen LogP contribution in [0.25, 0.3) is 0 Å². The van der Waals surface area contributed by atoms with Gasteiger partial charge in [-0.25, -0.2) is 0 Å². The molecule has 8 nitrogen and oxygen atoms in total. The molecule has 2 N–H and O–H groups in total. The number of carbonyl (C=O) groups excluding carboxylic acids is 1. The molecule has 13 heteroatoms. The second-order valence-electron chi connectivity index (χ2n) is 5.75. The van der Waals surface area contributed by atoms with E-state index in [0.717, 1.165) is 30.3 Å². The Morgan fingerprint density at radius 3 is 2.50 bits per heavy atom. The molecule has 1 heterocycles. The number of benzene rings is 2. The van der Waals surface area contributed by atoms with Crippen LogP contribution in [0, 0.1) is 10.1 Å². The molecule has 0 radical (unpaired) electrons. The third kappa shape index (κ3) is 4.97. The van der Waals surface area contributed by atoms with Gasteiger partial charge < -0.3 is 10.1 Å². The van der Waals surface area contributed by atoms with Gasteiger partial charge in [-0.05, 0) is 50.1 Å². The van der Waals surface area contributed by atoms with Gasteiger partial charge in [-0.2, -0.15) is 18.3 Å². The predicted molar refractivity (Wildman–Crippen MR) is 107 cm³/mol. The van der Waals surface area contributed by atoms with Gasteiger partial charge >= 0.3 is 6.18 Å². The maximum absolute atomic E-state index is 12.9. The zero-order valence-corrected chi connectivity index (χ0v) is 17.6. The first kappa shape index (κ1) is 21.8. The van der Waals surface area contributed by atoms with E-state index in [2.05, 4.69) is 47.4 Å². The summed E-state index contributed by atoms with van der Waals surface area (Å²) < 4.78 is 44.7. The molecular weight excluding hydrogens is 541 g/mol. The van der Waals surface area contributed by atoms with Gasteiger partial charge in [0, 0.05) is 12.1 Å². The smallest absolute Gasteiger partial charge is 0.416 e. The van der Waals surface area contributed by atoms with Crippen LogP contribution in [-0.4, -0.2) is 21.0 Å². The summed E-state index contributed by atoms with van der Waals surface area (Å²) in [5, 5.41) is 20.0. The first-order valence-electron chi connectivity index (χ1n) is 7.90. The van der Waals surface area contributed by atoms with E-state index < -0.39 is 28.3 Å². The van der Waals surface area contributed by atoms with E-state index in [1.165, 1.54) is 12.1 Å². The number of carbonyl (C=O) groups is 1. The molecule has 1 aromatic heterocycles. The number of nitrogens with zero attached hydrogens (tertiary/aromatic N) is 2. The standard InChI is InChI=1S/C17H9Br2F3N4O4/c18-13-14(24-25-15(13)19)16(27)23-9-5-10(26(28)29)7-12(6-9)30-11-3-1-2-8(4-11)17(20,21)22/h1-7H,(H,23,27)(H,24,25). The Morgan fingerprint density at radius 2 is 1.90 bits per heavy atom. The first-order chi connectivity index (χ1) is 14.0. The van der Waals surface area contributed by atoms with Crippen molar-refractivity contribution in [3.8, 4) is 11.5 Å². The highest BCUT2D eigenvalue weighted by atomic mass is 79.9. The number of nitro benzene ring substituents is 1. The molecule has 156 valence electrons. The van der Waals surface area contributed by atoms with Crippen LogP contribution in [0.2, 0.25) is 0 Å². The van der Waals surface area contributed by atoms with Crippen LogP contribution in [0.15, 0.2) is 51.5 Å². The summed E-state index contributed by atoms with van der Waals surface area (Å²) in [6.07, 6.45) is -4.58. The van der Waals surface area contributed by atoms with Crippen LogP contribution in [0.5, 0.6) is 11.5 Å². The molecule has 0 saturated heterocycles. The summed E-state index contributed by atoms with van der Waals surface area (Å²) in [7, 11) is 0. The number of hydrogen-bond donors (Lipinski definition) is 2. The van der Waals surface area contributed by atoms with Crippen LogP contribution < -0.4 is 10.1 Å². The number of H-pyrrole nitrogens is 1. The fourth-order valence-electron chi connectivity index (χ4n) is 2.34. The van der Waals surface area contributed by atoms with Crippen LogP contribution in [0.4, 0.5) is 24.5 Å². The molecule has 0 spiro atoms. The van der Waals surface area contributed by atoms with Crippen molar-refractivity contribution >= 4 is 49.1 Å². The number of aromatic amines is 1. The molecule has 0 saturated carbocycles. The molecule has 0 atom stereocenters. The van der Waals surface area contributed by atoms with Crippen molar-refractivity contribution < 1.29 is 27.6 Å². The molecule has 0 aliphatic heterocycles. The summed E-state index contributed by atoms with van der Waals surface area (Å²) in [6.45, 7) is 0. The Kier molecular flexibility index (Phi) is 6.12. The zero-order valence-electron chi connectivity index (χ0n) is 14.5. The van der Waals surface area contributed by atoms with Gasteiger partial charge in [0.2, 0.25) is 0 Å². The lowest BCUT2D eigenvalue weighted by Crippen LogP contribution is -2.13. The van der Waals surface area contributed by atoms with Crippen molar-refractivity contribution in [1.29, 1.82) is 0 Å². The lowest BCUT2D eigenvalue weighted by molar-refractivity contribution is -0.384. The normalized spacial score (nSPS) is 11.2. The number of ether oxygens (including phenoxy) is 1. The van der Waals surface area contributed by atoms with E-state index >= 15 is 0 Å². The second kappa shape index (κ2) is 8.44. The largest absolute Gasteiger partial charge is 0.457 e. The van der Waals surface area contributed by atoms with E-state index in [0.29, 0.717) is 9.08 Å². The summed E-state index contributed by atoms with van der Waals surface area (Å²) in [4.78, 5) is 22.9. The number of rotatable bonds is 5. The van der Waals surface area contributed by atoms with E-state index in [9.17, 15) is 28.1 Å². The minimum atomic E-state index is -4.58. The Labute approximate surface area is 182 Å². The minimum absolute atomic E-state index is 0.0119. The van der Waals surface area contributed by atoms with Gasteiger partial charge in [0.15, 0.2) is 5.69 Å². The maximum atomic E-state index is 12.9. The summed E-state index contributed by atoms with van der Waals surface area (Å²) in [6, 6.07) is 7.38. The Morgan fingerprint density at radius 1 is 1.17 bits per heavy atom. The van der Waals surface area contributed by atoms with E-state index in [4.69, 9.17) is 4.74 Å². The van der Waals surface area contributed by atoms with Gasteiger partial charge in [-0.3, -0.25) is 20.0 Å². The lowest BCUT2D eigenvalue weighted by atomic mass is 10.2. The van der Waals surface area contributed by atoms with Crippen LogP contribution in [-0.2, 0) is 6.18 Å². The quantitative estimate of drug-likeness (QED) is 0.304. The fourth-order valence-corrected chi connectivity index (χ4v) is 2.97. The maximum Gasteiger partial charge on any atom is 0.416 e. The highest BCUT2D eigenvalue weighted by Crippen LogP contribution is 2.34. The van der Waals surface area contributed by atoms with E-state index in [1.54, 1.807) is 0 Å². The van der Waals surface area contributed by atoms with Crippen molar-refractivity contribution in [2.45, 2.75) is 6.18 Å². The van der Waals surface area contributed by atoms with E-state index in [1.807, 2.05) is 0 Å². The number of nitrogens with one attached hydrogen (secondary N) is 2. The highest BCUT2D eigenvalue weighted by Gasteiger charge is 2.30. The molecular formula is C17H9Br2F3N4O4. The van der Waals surface area contributed by atoms with Gasteiger partial charge in [0.25, 0.3) is 11.6 Å². The number of non-ortho nitro benzene ring substituents is 1. The molecule has 2 aromatic carbocycles. The minimum Gasteiger partial charge on any atom is -0.457 e. The van der Waals surface area contributed by atoms with Crippen LogP contribution >= 0.6 is 31.9 Å². The molecule has 30 heavy (non-hydrogen) atoms. The molecule has 0 unspecified atom stereocenters. The van der Waals surface area contributed by atoms with Crippen molar-refractivity contribution in [2.24, 2.45) is 0 Å². The Hall–Kier alpha value is -2.93. The van der Waals surface area contributed by atoms with Gasteiger partial charge in [0.05, 0.1) is 26.7 Å². The van der Waals surface area contributed by atoms with E-state index in [-0.39, 0.29) is 22.9 Å². The number of alkyl halides is 3. The monoisotopic (exact) mass is 548 g/mol. The van der Waals surface area contributed by atoms with Crippen molar-refractivity contribution in [2.75, 3.05) is 5.32 Å². The summed E-state index contributed by atoms with van der Waals surface area (Å²) in [5.41, 5.74) is -1.40. The van der Waals surface area contributed by atoms with Crippen LogP contribution in [0.3, 0.4) is 0 Å². The predicted octanol–water partition coefficient (Wildman–Crippen LogP) is 5.91. The van der Waals surface area contributed by atoms with Crippen molar-refractivity contribution in [3.05, 3.63) is 72.9 Å². The summed E-state index contributed by atoms with van der Waals surface area (Å²) >= 11 is 6.29. The molecule has 3 rings (SSSR count). The molecule has 3 aromatic rings. The number of anilines is 1. The third-order valence-corrected chi connectivity index (χ3v) is 5.52. The average Bonchev–Trinajstić information content (AvgIpc) is 3.00. The SMILES string of the molecule is O=C(Nc1cc(Oc2cccc(C(F)(F)F)c2)cc([N+](=O)[O-])c1)c1n[nH]c(Br)c1Br. The molecule has 1 amide bonds.